The first-order chi connectivity index (χ1) is 12.2. The molecule has 1 atom stereocenters. The first-order valence-corrected chi connectivity index (χ1v) is 9.74. The molecule has 0 spiro atoms. The van der Waals surface area contributed by atoms with Crippen LogP contribution in [0.1, 0.15) is 52.9 Å². The minimum Gasteiger partial charge on any atom is -1.00 e. The lowest BCUT2D eigenvalue weighted by Crippen LogP contribution is -3.16. The molecule has 1 aliphatic heterocycles. The van der Waals surface area contributed by atoms with E-state index in [1.165, 1.54) is 24.2 Å². The number of likely N-dealkylation sites (N-methyl/N-ethyl adjacent to an activating group) is 1. The number of hydrogen-bond donors (Lipinski definition) is 2. The van der Waals surface area contributed by atoms with E-state index in [1.54, 1.807) is 0 Å². The van der Waals surface area contributed by atoms with Gasteiger partial charge in [0.2, 0.25) is 0 Å². The summed E-state index contributed by atoms with van der Waals surface area (Å²) in [5, 5.41) is 3.09. The van der Waals surface area contributed by atoms with E-state index >= 15 is 0 Å². The second kappa shape index (κ2) is 12.0. The lowest BCUT2D eigenvalue weighted by Gasteiger charge is -2.26. The summed E-state index contributed by atoms with van der Waals surface area (Å²) in [5.74, 6) is 1.56. The van der Waals surface area contributed by atoms with Gasteiger partial charge in [0.25, 0.3) is 5.91 Å². The van der Waals surface area contributed by atoms with Crippen molar-refractivity contribution in [2.24, 2.45) is 0 Å². The number of carbonyl (C=O) groups is 1. The number of nitrogens with one attached hydrogen (secondary N) is 2. The molecule has 1 aromatic carbocycles. The number of hydrogen-bond acceptors (Lipinski definition) is 3. The van der Waals surface area contributed by atoms with Gasteiger partial charge in [-0.3, -0.25) is 4.79 Å². The molecule has 148 valence electrons. The summed E-state index contributed by atoms with van der Waals surface area (Å²) < 4.78 is 11.1. The molecule has 0 aliphatic carbocycles. The average Bonchev–Trinajstić information content (AvgIpc) is 2.64. The fourth-order valence-corrected chi connectivity index (χ4v) is 3.39. The number of benzene rings is 1. The van der Waals surface area contributed by atoms with Crippen LogP contribution in [0.5, 0.6) is 11.5 Å². The van der Waals surface area contributed by atoms with Crippen LogP contribution in [0, 0.1) is 0 Å². The van der Waals surface area contributed by atoms with Gasteiger partial charge in [0.15, 0.2) is 17.5 Å². The van der Waals surface area contributed by atoms with Crippen molar-refractivity contribution in [3.8, 4) is 11.5 Å². The molecule has 1 amide bonds. The number of fused-ring (bicyclic) bond motifs is 1. The van der Waals surface area contributed by atoms with Crippen molar-refractivity contribution in [2.45, 2.75) is 58.9 Å². The number of quaternary nitrogens is 1. The molecule has 0 fully saturated rings. The van der Waals surface area contributed by atoms with Gasteiger partial charge in [-0.05, 0) is 32.4 Å². The van der Waals surface area contributed by atoms with Crippen LogP contribution in [-0.2, 0) is 4.79 Å². The first-order valence-electron chi connectivity index (χ1n) is 9.74. The standard InChI is InChI=1S/C20H32N2O3.ClH/c1-4-7-8-9-10-17(22(5-2)6-3)20(23)21-16-11-12-18-19(15-16)25-14-13-24-18;/h11-12,15,17H,4-10,13-14H2,1-3H3,(H,21,23);1H. The van der Waals surface area contributed by atoms with Crippen LogP contribution >= 0.6 is 0 Å². The summed E-state index contributed by atoms with van der Waals surface area (Å²) in [7, 11) is 0. The zero-order valence-corrected chi connectivity index (χ0v) is 17.0. The lowest BCUT2D eigenvalue weighted by molar-refractivity contribution is -0.912. The Balaban J connectivity index is 0.00000338. The Morgan fingerprint density at radius 2 is 1.77 bits per heavy atom. The van der Waals surface area contributed by atoms with E-state index in [1.807, 2.05) is 18.2 Å². The molecule has 5 nitrogen and oxygen atoms in total. The molecule has 2 N–H and O–H groups in total. The maximum absolute atomic E-state index is 12.9. The molecule has 2 rings (SSSR count). The Kier molecular flexibility index (Phi) is 10.4. The van der Waals surface area contributed by atoms with E-state index in [4.69, 9.17) is 9.47 Å². The molecule has 0 radical (unpaired) electrons. The highest BCUT2D eigenvalue weighted by atomic mass is 35.5. The van der Waals surface area contributed by atoms with Crippen molar-refractivity contribution < 1.29 is 31.6 Å². The summed E-state index contributed by atoms with van der Waals surface area (Å²) in [6.07, 6.45) is 5.70. The molecule has 26 heavy (non-hydrogen) atoms. The van der Waals surface area contributed by atoms with Gasteiger partial charge in [0, 0.05) is 18.2 Å². The monoisotopic (exact) mass is 384 g/mol. The Morgan fingerprint density at radius 3 is 2.42 bits per heavy atom. The Hall–Kier alpha value is -1.46. The topological polar surface area (TPSA) is 52.0 Å². The number of rotatable bonds is 10. The molecule has 1 unspecified atom stereocenters. The van der Waals surface area contributed by atoms with E-state index < -0.39 is 0 Å². The largest absolute Gasteiger partial charge is 1.00 e. The third-order valence-electron chi connectivity index (χ3n) is 4.87. The van der Waals surface area contributed by atoms with E-state index in [-0.39, 0.29) is 24.4 Å². The van der Waals surface area contributed by atoms with E-state index in [0.29, 0.717) is 19.0 Å². The predicted octanol–water partition coefficient (Wildman–Crippen LogP) is -0.336. The molecule has 0 saturated heterocycles. The van der Waals surface area contributed by atoms with Gasteiger partial charge in [-0.15, -0.1) is 0 Å². The van der Waals surface area contributed by atoms with Crippen molar-refractivity contribution >= 4 is 11.6 Å². The maximum atomic E-state index is 12.9. The van der Waals surface area contributed by atoms with Crippen molar-refractivity contribution in [1.82, 2.24) is 0 Å². The second-order valence-electron chi connectivity index (χ2n) is 6.61. The summed E-state index contributed by atoms with van der Waals surface area (Å²) in [6, 6.07) is 5.61. The number of anilines is 1. The van der Waals surface area contributed by atoms with Crippen LogP contribution in [0.4, 0.5) is 5.69 Å². The molecular weight excluding hydrogens is 352 g/mol. The highest BCUT2D eigenvalue weighted by Crippen LogP contribution is 2.32. The van der Waals surface area contributed by atoms with E-state index in [0.717, 1.165) is 37.4 Å². The molecule has 1 heterocycles. The van der Waals surface area contributed by atoms with E-state index in [9.17, 15) is 4.79 Å². The SMILES string of the molecule is CCCCCCC(C(=O)Nc1ccc2c(c1)OCCO2)[NH+](CC)CC.[Cl-]. The Labute approximate surface area is 163 Å². The summed E-state index contributed by atoms with van der Waals surface area (Å²) in [4.78, 5) is 14.2. The average molecular weight is 385 g/mol. The normalized spacial score (nSPS) is 13.8. The smallest absolute Gasteiger partial charge is 0.282 e. The van der Waals surface area contributed by atoms with E-state index in [2.05, 4.69) is 26.1 Å². The number of ether oxygens (including phenoxy) is 2. The summed E-state index contributed by atoms with van der Waals surface area (Å²) in [5.41, 5.74) is 0.777. The molecular formula is C20H33ClN2O3. The van der Waals surface area contributed by atoms with Crippen molar-refractivity contribution in [3.63, 3.8) is 0 Å². The predicted molar refractivity (Wildman–Crippen MR) is 101 cm³/mol. The van der Waals surface area contributed by atoms with Gasteiger partial charge in [-0.2, -0.15) is 0 Å². The lowest BCUT2D eigenvalue weighted by atomic mass is 10.0. The Bertz CT molecular complexity index is 550. The minimum absolute atomic E-state index is 0. The number of halogens is 1. The first kappa shape index (κ1) is 22.6. The fraction of sp³-hybridized carbons (Fsp3) is 0.650. The number of carbonyl (C=O) groups excluding carboxylic acids is 1. The molecule has 1 aliphatic rings. The quantitative estimate of drug-likeness (QED) is 0.543. The third-order valence-corrected chi connectivity index (χ3v) is 4.87. The highest BCUT2D eigenvalue weighted by molar-refractivity contribution is 5.94. The number of amides is 1. The third kappa shape index (κ3) is 6.36. The highest BCUT2D eigenvalue weighted by Gasteiger charge is 2.27. The molecule has 0 bridgehead atoms. The summed E-state index contributed by atoms with van der Waals surface area (Å²) in [6.45, 7) is 9.55. The van der Waals surface area contributed by atoms with Crippen molar-refractivity contribution in [3.05, 3.63) is 18.2 Å². The van der Waals surface area contributed by atoms with Gasteiger partial charge in [0.1, 0.15) is 13.2 Å². The Morgan fingerprint density at radius 1 is 1.08 bits per heavy atom. The van der Waals surface area contributed by atoms with Gasteiger partial charge < -0.3 is 32.1 Å². The summed E-state index contributed by atoms with van der Waals surface area (Å²) >= 11 is 0. The van der Waals surface area contributed by atoms with Crippen molar-refractivity contribution in [2.75, 3.05) is 31.6 Å². The van der Waals surface area contributed by atoms with Gasteiger partial charge in [0.05, 0.1) is 13.1 Å². The fourth-order valence-electron chi connectivity index (χ4n) is 3.39. The molecule has 0 aromatic heterocycles. The maximum Gasteiger partial charge on any atom is 0.282 e. The van der Waals surface area contributed by atoms with Gasteiger partial charge in [-0.1, -0.05) is 26.2 Å². The minimum atomic E-state index is 0. The van der Waals surface area contributed by atoms with Crippen LogP contribution in [0.2, 0.25) is 0 Å². The molecule has 1 aromatic rings. The van der Waals surface area contributed by atoms with Crippen LogP contribution in [0.15, 0.2) is 18.2 Å². The van der Waals surface area contributed by atoms with Gasteiger partial charge in [-0.25, -0.2) is 0 Å². The van der Waals surface area contributed by atoms with Crippen LogP contribution in [0.25, 0.3) is 0 Å². The zero-order valence-electron chi connectivity index (χ0n) is 16.3. The van der Waals surface area contributed by atoms with Crippen LogP contribution in [0.3, 0.4) is 0 Å². The van der Waals surface area contributed by atoms with Gasteiger partial charge >= 0.3 is 0 Å². The van der Waals surface area contributed by atoms with Crippen molar-refractivity contribution in [1.29, 1.82) is 0 Å². The molecule has 0 saturated carbocycles. The number of unbranched alkanes of at least 4 members (excludes halogenated alkanes) is 3. The second-order valence-corrected chi connectivity index (χ2v) is 6.61. The van der Waals surface area contributed by atoms with Crippen LogP contribution < -0.4 is 32.1 Å². The molecule has 6 heteroatoms. The zero-order chi connectivity index (χ0) is 18.1. The van der Waals surface area contributed by atoms with Crippen LogP contribution in [-0.4, -0.2) is 38.3 Å².